The number of guanidine groups is 1. The number of hydrogen-bond acceptors (Lipinski definition) is 4. The fourth-order valence-corrected chi connectivity index (χ4v) is 3.00. The lowest BCUT2D eigenvalue weighted by molar-refractivity contribution is 0.679. The summed E-state index contributed by atoms with van der Waals surface area (Å²) in [7, 11) is 1.97. The van der Waals surface area contributed by atoms with Gasteiger partial charge in [-0.2, -0.15) is 11.3 Å². The molecular weight excluding hydrogens is 447 g/mol. The zero-order valence-electron chi connectivity index (χ0n) is 15.5. The first-order valence-corrected chi connectivity index (χ1v) is 9.45. The van der Waals surface area contributed by atoms with Gasteiger partial charge < -0.3 is 15.2 Å². The summed E-state index contributed by atoms with van der Waals surface area (Å²) < 4.78 is 1.97. The number of nitrogens with zero attached hydrogens (tertiary/aromatic N) is 4. The van der Waals surface area contributed by atoms with Crippen molar-refractivity contribution in [1.29, 1.82) is 0 Å². The molecule has 0 saturated carbocycles. The van der Waals surface area contributed by atoms with Crippen molar-refractivity contribution in [3.8, 4) is 0 Å². The molecule has 2 aromatic heterocycles. The van der Waals surface area contributed by atoms with E-state index in [0.29, 0.717) is 12.5 Å². The summed E-state index contributed by atoms with van der Waals surface area (Å²) in [5.41, 5.74) is 1.37. The molecule has 2 N–H and O–H groups in total. The highest BCUT2D eigenvalue weighted by Crippen LogP contribution is 2.16. The van der Waals surface area contributed by atoms with E-state index in [4.69, 9.17) is 0 Å². The van der Waals surface area contributed by atoms with E-state index in [9.17, 15) is 0 Å². The van der Waals surface area contributed by atoms with E-state index in [1.54, 1.807) is 11.3 Å². The van der Waals surface area contributed by atoms with Gasteiger partial charge in [-0.1, -0.05) is 20.3 Å². The minimum Gasteiger partial charge on any atom is -0.356 e. The summed E-state index contributed by atoms with van der Waals surface area (Å²) in [4.78, 5) is 4.67. The first-order valence-electron chi connectivity index (χ1n) is 8.51. The van der Waals surface area contributed by atoms with Gasteiger partial charge in [0.05, 0.1) is 0 Å². The van der Waals surface area contributed by atoms with Crippen molar-refractivity contribution in [2.24, 2.45) is 12.0 Å². The summed E-state index contributed by atoms with van der Waals surface area (Å²) in [5.74, 6) is 3.06. The zero-order chi connectivity index (χ0) is 17.4. The lowest BCUT2D eigenvalue weighted by Crippen LogP contribution is -2.39. The second-order valence-electron chi connectivity index (χ2n) is 6.01. The number of aliphatic imine (C=N–C) groups is 1. The van der Waals surface area contributed by atoms with Gasteiger partial charge in [0.15, 0.2) is 11.8 Å². The minimum absolute atomic E-state index is 0. The number of hydrogen-bond donors (Lipinski definition) is 2. The Morgan fingerprint density at radius 3 is 2.76 bits per heavy atom. The normalized spacial score (nSPS) is 12.6. The second kappa shape index (κ2) is 11.5. The average Bonchev–Trinajstić information content (AvgIpc) is 3.22. The van der Waals surface area contributed by atoms with Crippen LogP contribution in [0.25, 0.3) is 0 Å². The molecule has 2 aromatic rings. The molecular formula is C17H29IN6S. The molecule has 0 radical (unpaired) electrons. The smallest absolute Gasteiger partial charge is 0.191 e. The molecule has 0 aliphatic carbocycles. The molecule has 0 spiro atoms. The maximum absolute atomic E-state index is 4.67. The monoisotopic (exact) mass is 476 g/mol. The van der Waals surface area contributed by atoms with Gasteiger partial charge in [0.25, 0.3) is 0 Å². The van der Waals surface area contributed by atoms with Crippen molar-refractivity contribution in [1.82, 2.24) is 25.4 Å². The molecule has 0 bridgehead atoms. The molecule has 2 rings (SSSR count). The van der Waals surface area contributed by atoms with Crippen LogP contribution in [0.5, 0.6) is 0 Å². The lowest BCUT2D eigenvalue weighted by atomic mass is 10.1. The highest BCUT2D eigenvalue weighted by Gasteiger charge is 2.08. The quantitative estimate of drug-likeness (QED) is 0.265. The minimum atomic E-state index is 0. The highest BCUT2D eigenvalue weighted by atomic mass is 127. The van der Waals surface area contributed by atoms with E-state index in [1.165, 1.54) is 5.56 Å². The van der Waals surface area contributed by atoms with Crippen LogP contribution in [0.15, 0.2) is 21.8 Å². The topological polar surface area (TPSA) is 67.1 Å². The molecule has 0 aromatic carbocycles. The van der Waals surface area contributed by atoms with Crippen LogP contribution in [0.4, 0.5) is 0 Å². The van der Waals surface area contributed by atoms with Crippen molar-refractivity contribution in [2.45, 2.75) is 46.1 Å². The van der Waals surface area contributed by atoms with Crippen LogP contribution in [0.3, 0.4) is 0 Å². The Bertz CT molecular complexity index is 638. The van der Waals surface area contributed by atoms with Crippen LogP contribution in [-0.2, 0) is 13.6 Å². The van der Waals surface area contributed by atoms with Crippen molar-refractivity contribution in [2.75, 3.05) is 13.1 Å². The van der Waals surface area contributed by atoms with Crippen LogP contribution >= 0.6 is 35.3 Å². The van der Waals surface area contributed by atoms with Gasteiger partial charge >= 0.3 is 0 Å². The Morgan fingerprint density at radius 2 is 2.16 bits per heavy atom. The molecule has 140 valence electrons. The summed E-state index contributed by atoms with van der Waals surface area (Å²) >= 11 is 1.74. The van der Waals surface area contributed by atoms with E-state index >= 15 is 0 Å². The highest BCUT2D eigenvalue weighted by molar-refractivity contribution is 14.0. The predicted molar refractivity (Wildman–Crippen MR) is 116 cm³/mol. The third kappa shape index (κ3) is 6.93. The number of halogens is 1. The average molecular weight is 476 g/mol. The molecule has 1 unspecified atom stereocenters. The lowest BCUT2D eigenvalue weighted by Gasteiger charge is -2.16. The Hall–Kier alpha value is -1.16. The summed E-state index contributed by atoms with van der Waals surface area (Å²) in [5, 5.41) is 19.4. The second-order valence-corrected chi connectivity index (χ2v) is 6.79. The van der Waals surface area contributed by atoms with Crippen molar-refractivity contribution in [3.63, 3.8) is 0 Å². The maximum Gasteiger partial charge on any atom is 0.191 e. The van der Waals surface area contributed by atoms with E-state index in [-0.39, 0.29) is 24.0 Å². The largest absolute Gasteiger partial charge is 0.356 e. The van der Waals surface area contributed by atoms with Crippen molar-refractivity contribution < 1.29 is 0 Å². The van der Waals surface area contributed by atoms with Gasteiger partial charge in [0.1, 0.15) is 12.4 Å². The number of nitrogens with one attached hydrogen (secondary N) is 2. The maximum atomic E-state index is 4.67. The van der Waals surface area contributed by atoms with Crippen molar-refractivity contribution in [3.05, 3.63) is 34.0 Å². The van der Waals surface area contributed by atoms with E-state index < -0.39 is 0 Å². The van der Waals surface area contributed by atoms with E-state index in [1.807, 2.05) is 18.5 Å². The van der Waals surface area contributed by atoms with Gasteiger partial charge in [-0.3, -0.25) is 0 Å². The van der Waals surface area contributed by atoms with Crippen molar-refractivity contribution >= 4 is 41.3 Å². The van der Waals surface area contributed by atoms with Gasteiger partial charge in [0, 0.05) is 20.1 Å². The fourth-order valence-electron chi connectivity index (χ4n) is 2.22. The van der Waals surface area contributed by atoms with Crippen LogP contribution in [-0.4, -0.2) is 33.8 Å². The first-order chi connectivity index (χ1) is 11.6. The molecule has 0 fully saturated rings. The zero-order valence-corrected chi connectivity index (χ0v) is 18.6. The Labute approximate surface area is 171 Å². The summed E-state index contributed by atoms with van der Waals surface area (Å²) in [6.45, 7) is 8.66. The Kier molecular flexibility index (Phi) is 10.0. The molecule has 0 saturated heterocycles. The van der Waals surface area contributed by atoms with Crippen LogP contribution in [0, 0.1) is 6.92 Å². The molecule has 0 amide bonds. The standard InChI is InChI=1S/C17H28N6S.HI/c1-5-6-8-18-17(19-10-13(2)15-7-9-24-12-15)20-11-16-22-21-14(3)23(16)4;/h7,9,12-13H,5-6,8,10-11H2,1-4H3,(H2,18,19,20);1H. The van der Waals surface area contributed by atoms with Gasteiger partial charge in [-0.15, -0.1) is 34.2 Å². The van der Waals surface area contributed by atoms with E-state index in [0.717, 1.165) is 43.5 Å². The summed E-state index contributed by atoms with van der Waals surface area (Å²) in [6, 6.07) is 2.18. The number of thiophene rings is 1. The van der Waals surface area contributed by atoms with Gasteiger partial charge in [0.2, 0.25) is 0 Å². The predicted octanol–water partition coefficient (Wildman–Crippen LogP) is 3.44. The first kappa shape index (κ1) is 21.9. The Morgan fingerprint density at radius 1 is 1.36 bits per heavy atom. The molecule has 6 nitrogen and oxygen atoms in total. The third-order valence-electron chi connectivity index (χ3n) is 4.07. The molecule has 2 heterocycles. The van der Waals surface area contributed by atoms with E-state index in [2.05, 4.69) is 56.5 Å². The number of aryl methyl sites for hydroxylation is 1. The van der Waals surface area contributed by atoms with Crippen LogP contribution < -0.4 is 10.6 Å². The SMILES string of the molecule is CCCCNC(=NCc1nnc(C)n1C)NCC(C)c1ccsc1.I. The fraction of sp³-hybridized carbons (Fsp3) is 0.588. The number of aromatic nitrogens is 3. The molecule has 25 heavy (non-hydrogen) atoms. The molecule has 0 aliphatic rings. The summed E-state index contributed by atoms with van der Waals surface area (Å²) in [6.07, 6.45) is 2.29. The number of unbranched alkanes of at least 4 members (excludes halogenated alkanes) is 1. The van der Waals surface area contributed by atoms with Gasteiger partial charge in [-0.05, 0) is 41.7 Å². The third-order valence-corrected chi connectivity index (χ3v) is 4.77. The molecule has 1 atom stereocenters. The Balaban J connectivity index is 0.00000312. The number of rotatable bonds is 8. The van der Waals surface area contributed by atoms with Gasteiger partial charge in [-0.25, -0.2) is 4.99 Å². The van der Waals surface area contributed by atoms with Crippen LogP contribution in [0.2, 0.25) is 0 Å². The molecule has 0 aliphatic heterocycles. The van der Waals surface area contributed by atoms with Crippen LogP contribution in [0.1, 0.15) is 49.8 Å². The molecule has 8 heteroatoms.